The number of imidazole rings is 1. The van der Waals surface area contributed by atoms with Crippen LogP contribution in [0.5, 0.6) is 0 Å². The van der Waals surface area contributed by atoms with E-state index in [1.165, 1.54) is 12.1 Å². The molecule has 3 nitrogen and oxygen atoms in total. The van der Waals surface area contributed by atoms with Crippen molar-refractivity contribution in [3.63, 3.8) is 0 Å². The lowest BCUT2D eigenvalue weighted by molar-refractivity contribution is 0.560. The maximum Gasteiger partial charge on any atom is 0.123 e. The number of rotatable bonds is 4. The summed E-state index contributed by atoms with van der Waals surface area (Å²) in [5, 5.41) is 3.23. The number of aromatic nitrogens is 2. The second-order valence-corrected chi connectivity index (χ2v) is 4.05. The van der Waals surface area contributed by atoms with Crippen molar-refractivity contribution in [2.75, 3.05) is 7.05 Å². The Balaban J connectivity index is 2.17. The van der Waals surface area contributed by atoms with E-state index in [2.05, 4.69) is 10.3 Å². The molecule has 17 heavy (non-hydrogen) atoms. The number of benzene rings is 1. The van der Waals surface area contributed by atoms with Gasteiger partial charge in [0.15, 0.2) is 0 Å². The summed E-state index contributed by atoms with van der Waals surface area (Å²) < 4.78 is 14.9. The maximum absolute atomic E-state index is 12.9. The van der Waals surface area contributed by atoms with E-state index in [-0.39, 0.29) is 11.9 Å². The molecule has 2 rings (SSSR count). The minimum atomic E-state index is -0.208. The molecular formula is C13H16FN3. The molecule has 1 unspecified atom stereocenters. The van der Waals surface area contributed by atoms with E-state index < -0.39 is 0 Å². The molecule has 0 aliphatic carbocycles. The summed E-state index contributed by atoms with van der Waals surface area (Å²) in [6, 6.07) is 6.73. The Bertz CT molecular complexity index is 476. The minimum Gasteiger partial charge on any atom is -0.338 e. The third-order valence-electron chi connectivity index (χ3n) is 2.93. The average Bonchev–Trinajstić information content (AvgIpc) is 2.73. The summed E-state index contributed by atoms with van der Waals surface area (Å²) in [6.45, 7) is 0. The molecule has 0 spiro atoms. The van der Waals surface area contributed by atoms with Gasteiger partial charge in [-0.05, 0) is 24.7 Å². The monoisotopic (exact) mass is 233 g/mol. The molecule has 1 atom stereocenters. The van der Waals surface area contributed by atoms with Gasteiger partial charge in [-0.25, -0.2) is 9.37 Å². The van der Waals surface area contributed by atoms with Crippen LogP contribution in [0.4, 0.5) is 4.39 Å². The lowest BCUT2D eigenvalue weighted by Gasteiger charge is -2.16. The zero-order chi connectivity index (χ0) is 12.3. The van der Waals surface area contributed by atoms with Gasteiger partial charge in [0, 0.05) is 31.9 Å². The number of likely N-dealkylation sites (N-methyl/N-ethyl adjacent to an activating group) is 1. The highest BCUT2D eigenvalue weighted by atomic mass is 19.1. The third-order valence-corrected chi connectivity index (χ3v) is 2.93. The smallest absolute Gasteiger partial charge is 0.123 e. The number of nitrogens with one attached hydrogen (secondary N) is 1. The molecule has 1 N–H and O–H groups in total. The second kappa shape index (κ2) is 5.10. The van der Waals surface area contributed by atoms with Crippen molar-refractivity contribution in [2.45, 2.75) is 12.5 Å². The summed E-state index contributed by atoms with van der Waals surface area (Å²) in [4.78, 5) is 4.30. The standard InChI is InChI=1S/C13H16FN3/c1-15-12(9-13-16-7-8-17(13)2)10-3-5-11(14)6-4-10/h3-8,12,15H,9H2,1-2H3. The molecule has 0 amide bonds. The van der Waals surface area contributed by atoms with Crippen molar-refractivity contribution in [1.82, 2.24) is 14.9 Å². The highest BCUT2D eigenvalue weighted by molar-refractivity contribution is 5.21. The maximum atomic E-state index is 12.9. The van der Waals surface area contributed by atoms with Gasteiger partial charge in [0.05, 0.1) is 0 Å². The van der Waals surface area contributed by atoms with Crippen LogP contribution in [0.3, 0.4) is 0 Å². The molecule has 0 radical (unpaired) electrons. The number of nitrogens with zero attached hydrogens (tertiary/aromatic N) is 2. The summed E-state index contributed by atoms with van der Waals surface area (Å²) in [7, 11) is 3.87. The Morgan fingerprint density at radius 3 is 2.59 bits per heavy atom. The first-order valence-electron chi connectivity index (χ1n) is 5.59. The van der Waals surface area contributed by atoms with Crippen LogP contribution >= 0.6 is 0 Å². The Kier molecular flexibility index (Phi) is 3.54. The third kappa shape index (κ3) is 2.71. The lowest BCUT2D eigenvalue weighted by atomic mass is 10.0. The largest absolute Gasteiger partial charge is 0.338 e. The van der Waals surface area contributed by atoms with E-state index >= 15 is 0 Å². The molecule has 4 heteroatoms. The number of hydrogen-bond acceptors (Lipinski definition) is 2. The van der Waals surface area contributed by atoms with Gasteiger partial charge in [-0.2, -0.15) is 0 Å². The van der Waals surface area contributed by atoms with Gasteiger partial charge in [0.1, 0.15) is 11.6 Å². The highest BCUT2D eigenvalue weighted by Gasteiger charge is 2.12. The van der Waals surface area contributed by atoms with Crippen LogP contribution in [-0.4, -0.2) is 16.6 Å². The molecule has 0 aliphatic heterocycles. The minimum absolute atomic E-state index is 0.150. The first-order chi connectivity index (χ1) is 8.20. The van der Waals surface area contributed by atoms with E-state index in [4.69, 9.17) is 0 Å². The summed E-state index contributed by atoms with van der Waals surface area (Å²) >= 11 is 0. The molecule has 0 aliphatic rings. The Morgan fingerprint density at radius 1 is 1.35 bits per heavy atom. The molecule has 2 aromatic rings. The van der Waals surface area contributed by atoms with Crippen molar-refractivity contribution in [1.29, 1.82) is 0 Å². The van der Waals surface area contributed by atoms with Gasteiger partial charge < -0.3 is 9.88 Å². The molecule has 0 saturated carbocycles. The van der Waals surface area contributed by atoms with E-state index in [1.807, 2.05) is 24.9 Å². The van der Waals surface area contributed by atoms with Crippen molar-refractivity contribution >= 4 is 0 Å². The predicted octanol–water partition coefficient (Wildman–Crippen LogP) is 2.06. The van der Waals surface area contributed by atoms with Gasteiger partial charge in [0.2, 0.25) is 0 Å². The normalized spacial score (nSPS) is 12.6. The van der Waals surface area contributed by atoms with E-state index in [0.717, 1.165) is 17.8 Å². The fourth-order valence-corrected chi connectivity index (χ4v) is 1.86. The first kappa shape index (κ1) is 11.8. The Labute approximate surface area is 100 Å². The molecule has 1 aromatic heterocycles. The summed E-state index contributed by atoms with van der Waals surface area (Å²) in [5.74, 6) is 0.800. The summed E-state index contributed by atoms with van der Waals surface area (Å²) in [6.07, 6.45) is 4.49. The van der Waals surface area contributed by atoms with Crippen molar-refractivity contribution in [2.24, 2.45) is 7.05 Å². The zero-order valence-corrected chi connectivity index (χ0v) is 10.0. The average molecular weight is 233 g/mol. The fraction of sp³-hybridized carbons (Fsp3) is 0.308. The number of halogens is 1. The predicted molar refractivity (Wildman–Crippen MR) is 65.1 cm³/mol. The Morgan fingerprint density at radius 2 is 2.06 bits per heavy atom. The second-order valence-electron chi connectivity index (χ2n) is 4.05. The Hall–Kier alpha value is -1.68. The number of hydrogen-bond donors (Lipinski definition) is 1. The van der Waals surface area contributed by atoms with Gasteiger partial charge in [-0.15, -0.1) is 0 Å². The fourth-order valence-electron chi connectivity index (χ4n) is 1.86. The van der Waals surface area contributed by atoms with Crippen LogP contribution in [0.2, 0.25) is 0 Å². The first-order valence-corrected chi connectivity index (χ1v) is 5.59. The van der Waals surface area contributed by atoms with E-state index in [1.54, 1.807) is 18.3 Å². The quantitative estimate of drug-likeness (QED) is 0.876. The lowest BCUT2D eigenvalue weighted by Crippen LogP contribution is -2.20. The summed E-state index contributed by atoms with van der Waals surface area (Å²) in [5.41, 5.74) is 1.07. The zero-order valence-electron chi connectivity index (χ0n) is 10.0. The molecule has 90 valence electrons. The van der Waals surface area contributed by atoms with Crippen LogP contribution in [0.1, 0.15) is 17.4 Å². The van der Waals surface area contributed by atoms with Crippen LogP contribution < -0.4 is 5.32 Å². The molecular weight excluding hydrogens is 217 g/mol. The van der Waals surface area contributed by atoms with Crippen molar-refractivity contribution in [3.05, 3.63) is 53.9 Å². The topological polar surface area (TPSA) is 29.9 Å². The van der Waals surface area contributed by atoms with Gasteiger partial charge in [-0.1, -0.05) is 12.1 Å². The van der Waals surface area contributed by atoms with Crippen molar-refractivity contribution in [3.8, 4) is 0 Å². The van der Waals surface area contributed by atoms with Gasteiger partial charge in [-0.3, -0.25) is 0 Å². The van der Waals surface area contributed by atoms with Gasteiger partial charge in [0.25, 0.3) is 0 Å². The van der Waals surface area contributed by atoms with Gasteiger partial charge >= 0.3 is 0 Å². The molecule has 1 heterocycles. The number of aryl methyl sites for hydroxylation is 1. The van der Waals surface area contributed by atoms with Crippen LogP contribution in [-0.2, 0) is 13.5 Å². The van der Waals surface area contributed by atoms with Crippen LogP contribution in [0.25, 0.3) is 0 Å². The molecule has 0 fully saturated rings. The van der Waals surface area contributed by atoms with Crippen LogP contribution in [0, 0.1) is 5.82 Å². The molecule has 0 saturated heterocycles. The molecule has 0 bridgehead atoms. The highest BCUT2D eigenvalue weighted by Crippen LogP contribution is 2.17. The SMILES string of the molecule is CNC(Cc1nccn1C)c1ccc(F)cc1. The van der Waals surface area contributed by atoms with Crippen LogP contribution in [0.15, 0.2) is 36.7 Å². The van der Waals surface area contributed by atoms with E-state index in [0.29, 0.717) is 0 Å². The van der Waals surface area contributed by atoms with E-state index in [9.17, 15) is 4.39 Å². The molecule has 1 aromatic carbocycles. The van der Waals surface area contributed by atoms with Crippen molar-refractivity contribution < 1.29 is 4.39 Å².